The summed E-state index contributed by atoms with van der Waals surface area (Å²) in [6, 6.07) is 15.7. The second kappa shape index (κ2) is 7.59. The molecule has 1 atom stereocenters. The maximum Gasteiger partial charge on any atom is 0.238 e. The van der Waals surface area contributed by atoms with E-state index in [2.05, 4.69) is 15.3 Å². The predicted molar refractivity (Wildman–Crippen MR) is 107 cm³/mol. The van der Waals surface area contributed by atoms with Crippen LogP contribution in [0.15, 0.2) is 77.9 Å². The van der Waals surface area contributed by atoms with Crippen LogP contribution in [0.3, 0.4) is 0 Å². The fraction of sp³-hybridized carbons (Fsp3) is 0.0500. The molecule has 0 aliphatic heterocycles. The Morgan fingerprint density at radius 3 is 2.62 bits per heavy atom. The summed E-state index contributed by atoms with van der Waals surface area (Å²) >= 11 is 3.03. The molecule has 6 heteroatoms. The number of benzene rings is 1. The molecule has 4 aromatic rings. The molecule has 1 aromatic carbocycles. The molecule has 128 valence electrons. The number of hydrogen-bond acceptors (Lipinski definition) is 5. The van der Waals surface area contributed by atoms with Crippen molar-refractivity contribution in [1.82, 2.24) is 9.97 Å². The summed E-state index contributed by atoms with van der Waals surface area (Å²) in [5.41, 5.74) is 2.94. The molecule has 0 radical (unpaired) electrons. The van der Waals surface area contributed by atoms with Crippen LogP contribution < -0.4 is 5.32 Å². The molecule has 0 saturated carbocycles. The molecule has 4 rings (SSSR count). The Kier molecular flexibility index (Phi) is 4.86. The van der Waals surface area contributed by atoms with Gasteiger partial charge < -0.3 is 5.32 Å². The average Bonchev–Trinajstić information content (AvgIpc) is 3.36. The standard InChI is InChI=1S/C20H15N3OS2/c24-19(18(16-8-10-25-13-16)14-5-2-1-3-6-14)23-20-22-12-17(26-20)15-7-4-9-21-11-15/h1-13,18H,(H,22,23,24). The molecule has 3 heterocycles. The topological polar surface area (TPSA) is 54.9 Å². The molecule has 1 amide bonds. The third kappa shape index (κ3) is 3.56. The number of nitrogens with zero attached hydrogens (tertiary/aromatic N) is 2. The largest absolute Gasteiger partial charge is 0.301 e. The first kappa shape index (κ1) is 16.6. The van der Waals surface area contributed by atoms with Crippen LogP contribution in [0.4, 0.5) is 5.13 Å². The maximum absolute atomic E-state index is 13.0. The van der Waals surface area contributed by atoms with Crippen LogP contribution in [-0.2, 0) is 4.79 Å². The minimum absolute atomic E-state index is 0.0818. The Morgan fingerprint density at radius 2 is 1.88 bits per heavy atom. The van der Waals surface area contributed by atoms with Gasteiger partial charge in [0.05, 0.1) is 10.8 Å². The van der Waals surface area contributed by atoms with Gasteiger partial charge in [0.15, 0.2) is 5.13 Å². The quantitative estimate of drug-likeness (QED) is 0.530. The summed E-state index contributed by atoms with van der Waals surface area (Å²) in [6.07, 6.45) is 5.29. The molecule has 1 unspecified atom stereocenters. The van der Waals surface area contributed by atoms with Crippen molar-refractivity contribution in [3.63, 3.8) is 0 Å². The van der Waals surface area contributed by atoms with Crippen molar-refractivity contribution in [1.29, 1.82) is 0 Å². The zero-order valence-electron chi connectivity index (χ0n) is 13.7. The van der Waals surface area contributed by atoms with Gasteiger partial charge in [-0.2, -0.15) is 11.3 Å². The first-order valence-electron chi connectivity index (χ1n) is 8.05. The van der Waals surface area contributed by atoms with Crippen molar-refractivity contribution in [3.05, 3.63) is 89.0 Å². The van der Waals surface area contributed by atoms with E-state index < -0.39 is 0 Å². The van der Waals surface area contributed by atoms with E-state index in [1.165, 1.54) is 11.3 Å². The average molecular weight is 377 g/mol. The van der Waals surface area contributed by atoms with Crippen LogP contribution in [0, 0.1) is 0 Å². The lowest BCUT2D eigenvalue weighted by Gasteiger charge is -2.15. The highest BCUT2D eigenvalue weighted by Gasteiger charge is 2.24. The van der Waals surface area contributed by atoms with Gasteiger partial charge in [0.2, 0.25) is 5.91 Å². The Balaban J connectivity index is 1.59. The molecule has 0 aliphatic carbocycles. The van der Waals surface area contributed by atoms with Crippen LogP contribution >= 0.6 is 22.7 Å². The highest BCUT2D eigenvalue weighted by Crippen LogP contribution is 2.31. The summed E-state index contributed by atoms with van der Waals surface area (Å²) in [5, 5.41) is 7.56. The van der Waals surface area contributed by atoms with Crippen molar-refractivity contribution >= 4 is 33.7 Å². The van der Waals surface area contributed by atoms with Crippen LogP contribution in [0.2, 0.25) is 0 Å². The molecule has 26 heavy (non-hydrogen) atoms. The van der Waals surface area contributed by atoms with E-state index in [-0.39, 0.29) is 11.8 Å². The minimum Gasteiger partial charge on any atom is -0.301 e. The lowest BCUT2D eigenvalue weighted by molar-refractivity contribution is -0.116. The van der Waals surface area contributed by atoms with Crippen molar-refractivity contribution in [2.24, 2.45) is 0 Å². The van der Waals surface area contributed by atoms with E-state index in [1.54, 1.807) is 29.9 Å². The SMILES string of the molecule is O=C(Nc1ncc(-c2cccnc2)s1)C(c1ccccc1)c1ccsc1. The van der Waals surface area contributed by atoms with Crippen LogP contribution in [-0.4, -0.2) is 15.9 Å². The van der Waals surface area contributed by atoms with Crippen LogP contribution in [0.25, 0.3) is 10.4 Å². The minimum atomic E-state index is -0.354. The van der Waals surface area contributed by atoms with Crippen LogP contribution in [0.5, 0.6) is 0 Å². The number of rotatable bonds is 5. The van der Waals surface area contributed by atoms with Gasteiger partial charge in [-0.3, -0.25) is 9.78 Å². The number of carbonyl (C=O) groups is 1. The molecule has 1 N–H and O–H groups in total. The molecule has 0 aliphatic rings. The van der Waals surface area contributed by atoms with Crippen molar-refractivity contribution < 1.29 is 4.79 Å². The summed E-state index contributed by atoms with van der Waals surface area (Å²) in [6.45, 7) is 0. The Bertz CT molecular complexity index is 982. The van der Waals surface area contributed by atoms with Crippen molar-refractivity contribution in [2.75, 3.05) is 5.32 Å². The smallest absolute Gasteiger partial charge is 0.238 e. The number of carbonyl (C=O) groups excluding carboxylic acids is 1. The Morgan fingerprint density at radius 1 is 1.00 bits per heavy atom. The number of aromatic nitrogens is 2. The van der Waals surface area contributed by atoms with Gasteiger partial charge in [0.25, 0.3) is 0 Å². The van der Waals surface area contributed by atoms with E-state index in [1.807, 2.05) is 59.3 Å². The van der Waals surface area contributed by atoms with Crippen LogP contribution in [0.1, 0.15) is 17.0 Å². The second-order valence-electron chi connectivity index (χ2n) is 5.66. The zero-order chi connectivity index (χ0) is 17.8. The summed E-state index contributed by atoms with van der Waals surface area (Å²) in [7, 11) is 0. The van der Waals surface area contributed by atoms with Crippen molar-refractivity contribution in [3.8, 4) is 10.4 Å². The Hall–Kier alpha value is -2.83. The summed E-state index contributed by atoms with van der Waals surface area (Å²) in [4.78, 5) is 22.5. The van der Waals surface area contributed by atoms with E-state index >= 15 is 0 Å². The monoisotopic (exact) mass is 377 g/mol. The lowest BCUT2D eigenvalue weighted by atomic mass is 9.92. The number of amides is 1. The summed E-state index contributed by atoms with van der Waals surface area (Å²) in [5.74, 6) is -0.435. The van der Waals surface area contributed by atoms with Gasteiger partial charge in [0, 0.05) is 24.2 Å². The molecule has 0 bridgehead atoms. The predicted octanol–water partition coefficient (Wildman–Crippen LogP) is 5.04. The first-order chi connectivity index (χ1) is 12.8. The number of hydrogen-bond donors (Lipinski definition) is 1. The van der Waals surface area contributed by atoms with Gasteiger partial charge in [-0.15, -0.1) is 0 Å². The Labute approximate surface area is 159 Å². The number of thiophene rings is 1. The van der Waals surface area contributed by atoms with Gasteiger partial charge in [-0.1, -0.05) is 47.7 Å². The van der Waals surface area contributed by atoms with Gasteiger partial charge in [-0.25, -0.2) is 4.98 Å². The number of nitrogens with one attached hydrogen (secondary N) is 1. The fourth-order valence-electron chi connectivity index (χ4n) is 2.73. The molecule has 0 saturated heterocycles. The van der Waals surface area contributed by atoms with Gasteiger partial charge in [-0.05, 0) is 34.0 Å². The van der Waals surface area contributed by atoms with E-state index in [0.717, 1.165) is 21.6 Å². The third-order valence-corrected chi connectivity index (χ3v) is 5.62. The molecule has 0 fully saturated rings. The highest BCUT2D eigenvalue weighted by atomic mass is 32.1. The van der Waals surface area contributed by atoms with Crippen molar-refractivity contribution in [2.45, 2.75) is 5.92 Å². The van der Waals surface area contributed by atoms with E-state index in [9.17, 15) is 4.79 Å². The molecular weight excluding hydrogens is 362 g/mol. The maximum atomic E-state index is 13.0. The summed E-state index contributed by atoms with van der Waals surface area (Å²) < 4.78 is 0. The lowest BCUT2D eigenvalue weighted by Crippen LogP contribution is -2.21. The first-order valence-corrected chi connectivity index (χ1v) is 9.81. The molecular formula is C20H15N3OS2. The number of thiazole rings is 1. The van der Waals surface area contributed by atoms with E-state index in [4.69, 9.17) is 0 Å². The molecule has 3 aromatic heterocycles. The fourth-order valence-corrected chi connectivity index (χ4v) is 4.23. The normalized spacial score (nSPS) is 11.8. The molecule has 4 nitrogen and oxygen atoms in total. The van der Waals surface area contributed by atoms with E-state index in [0.29, 0.717) is 5.13 Å². The number of anilines is 1. The highest BCUT2D eigenvalue weighted by molar-refractivity contribution is 7.19. The molecule has 0 spiro atoms. The zero-order valence-corrected chi connectivity index (χ0v) is 15.3. The van der Waals surface area contributed by atoms with Gasteiger partial charge >= 0.3 is 0 Å². The van der Waals surface area contributed by atoms with Gasteiger partial charge in [0.1, 0.15) is 0 Å². The third-order valence-electron chi connectivity index (χ3n) is 3.95. The number of pyridine rings is 1. The second-order valence-corrected chi connectivity index (χ2v) is 7.47.